The number of hydrogen-bond acceptors (Lipinski definition) is 3. The lowest BCUT2D eigenvalue weighted by Gasteiger charge is -2.32. The number of nitrogens with one attached hydrogen (secondary N) is 2. The van der Waals surface area contributed by atoms with Crippen LogP contribution in [0.5, 0.6) is 0 Å². The number of hydrogen-bond donors (Lipinski definition) is 2. The molecule has 1 heterocycles. The van der Waals surface area contributed by atoms with E-state index >= 15 is 0 Å². The Hall–Kier alpha value is -1.10. The molecule has 1 fully saturated rings. The predicted octanol–water partition coefficient (Wildman–Crippen LogP) is 1.53. The maximum absolute atomic E-state index is 12.4. The third-order valence-corrected chi connectivity index (χ3v) is 4.50. The number of carbonyl (C=O) groups excluding carboxylic acids is 2. The summed E-state index contributed by atoms with van der Waals surface area (Å²) in [6, 6.07) is 0.733. The highest BCUT2D eigenvalue weighted by molar-refractivity contribution is 5.85. The van der Waals surface area contributed by atoms with Gasteiger partial charge in [0.15, 0.2) is 0 Å². The van der Waals surface area contributed by atoms with E-state index in [1.54, 1.807) is 0 Å². The fourth-order valence-corrected chi connectivity index (χ4v) is 3.05. The topological polar surface area (TPSA) is 61.4 Å². The van der Waals surface area contributed by atoms with Gasteiger partial charge in [-0.3, -0.25) is 14.5 Å². The van der Waals surface area contributed by atoms with Crippen molar-refractivity contribution in [1.29, 1.82) is 0 Å². The molecule has 122 valence electrons. The second-order valence-corrected chi connectivity index (χ2v) is 6.86. The minimum absolute atomic E-state index is 0.00738. The quantitative estimate of drug-likeness (QED) is 0.781. The van der Waals surface area contributed by atoms with Crippen molar-refractivity contribution in [2.45, 2.75) is 72.5 Å². The van der Waals surface area contributed by atoms with Crippen molar-refractivity contribution in [3.8, 4) is 0 Å². The van der Waals surface area contributed by atoms with Crippen LogP contribution in [0.4, 0.5) is 0 Å². The van der Waals surface area contributed by atoms with Crippen LogP contribution in [-0.4, -0.2) is 47.9 Å². The zero-order valence-electron chi connectivity index (χ0n) is 14.3. The van der Waals surface area contributed by atoms with Crippen LogP contribution in [0.15, 0.2) is 0 Å². The Morgan fingerprint density at radius 2 is 1.71 bits per heavy atom. The van der Waals surface area contributed by atoms with Crippen LogP contribution in [0.25, 0.3) is 0 Å². The molecular weight excluding hydrogens is 266 g/mol. The Balaban J connectivity index is 2.55. The lowest BCUT2D eigenvalue weighted by molar-refractivity contribution is -0.131. The van der Waals surface area contributed by atoms with Crippen LogP contribution in [0, 0.1) is 5.41 Å². The molecule has 2 amide bonds. The summed E-state index contributed by atoms with van der Waals surface area (Å²) in [4.78, 5) is 26.6. The molecule has 0 aromatic heterocycles. The van der Waals surface area contributed by atoms with E-state index in [0.717, 1.165) is 12.8 Å². The molecule has 0 spiro atoms. The first-order chi connectivity index (χ1) is 9.70. The molecule has 1 aliphatic rings. The minimum atomic E-state index is -0.590. The first-order valence-corrected chi connectivity index (χ1v) is 8.04. The highest BCUT2D eigenvalue weighted by Gasteiger charge is 2.35. The maximum atomic E-state index is 12.4. The van der Waals surface area contributed by atoms with Gasteiger partial charge in [-0.2, -0.15) is 0 Å². The molecule has 0 aromatic carbocycles. The Bertz CT molecular complexity index is 372. The largest absolute Gasteiger partial charge is 0.356 e. The van der Waals surface area contributed by atoms with Crippen LogP contribution in [0.3, 0.4) is 0 Å². The van der Waals surface area contributed by atoms with Crippen LogP contribution < -0.4 is 10.6 Å². The average molecular weight is 297 g/mol. The van der Waals surface area contributed by atoms with Crippen molar-refractivity contribution in [3.05, 3.63) is 0 Å². The molecule has 5 heteroatoms. The summed E-state index contributed by atoms with van der Waals surface area (Å²) in [5, 5.41) is 5.75. The van der Waals surface area contributed by atoms with Gasteiger partial charge in [0.2, 0.25) is 11.8 Å². The third kappa shape index (κ3) is 4.43. The van der Waals surface area contributed by atoms with Crippen molar-refractivity contribution in [2.24, 2.45) is 5.41 Å². The van der Waals surface area contributed by atoms with Crippen molar-refractivity contribution in [2.75, 3.05) is 13.1 Å². The first kappa shape index (κ1) is 18.0. The monoisotopic (exact) mass is 297 g/mol. The number of likely N-dealkylation sites (tertiary alicyclic amines) is 1. The summed E-state index contributed by atoms with van der Waals surface area (Å²) in [7, 11) is 0. The first-order valence-electron chi connectivity index (χ1n) is 8.04. The fraction of sp³-hybridized carbons (Fsp3) is 0.875. The number of nitrogens with zero attached hydrogens (tertiary/aromatic N) is 1. The highest BCUT2D eigenvalue weighted by Crippen LogP contribution is 2.26. The number of amides is 2. The van der Waals surface area contributed by atoms with E-state index in [9.17, 15) is 9.59 Å². The van der Waals surface area contributed by atoms with Gasteiger partial charge in [0.05, 0.1) is 11.5 Å². The van der Waals surface area contributed by atoms with E-state index in [-0.39, 0.29) is 17.9 Å². The van der Waals surface area contributed by atoms with Gasteiger partial charge in [-0.05, 0) is 54.4 Å². The van der Waals surface area contributed by atoms with Gasteiger partial charge >= 0.3 is 0 Å². The van der Waals surface area contributed by atoms with Crippen LogP contribution in [0.2, 0.25) is 0 Å². The van der Waals surface area contributed by atoms with Gasteiger partial charge < -0.3 is 10.6 Å². The maximum Gasteiger partial charge on any atom is 0.237 e. The molecule has 1 aliphatic heterocycles. The summed E-state index contributed by atoms with van der Waals surface area (Å²) >= 11 is 0. The SMILES string of the molecule is CCNC(=O)C(C)(C)CNC(=O)[C@H](C)N1[C@@H](C)CC[C@@H]1C. The van der Waals surface area contributed by atoms with Gasteiger partial charge in [0.1, 0.15) is 0 Å². The standard InChI is InChI=1S/C16H31N3O2/c1-7-17-15(21)16(5,6)10-18-14(20)13(4)19-11(2)8-9-12(19)3/h11-13H,7-10H2,1-6H3,(H,17,21)(H,18,20)/t11-,12-,13-/m0/s1. The van der Waals surface area contributed by atoms with E-state index in [2.05, 4.69) is 29.4 Å². The zero-order chi connectivity index (χ0) is 16.2. The summed E-state index contributed by atoms with van der Waals surface area (Å²) < 4.78 is 0. The molecule has 1 rings (SSSR count). The molecule has 5 nitrogen and oxygen atoms in total. The summed E-state index contributed by atoms with van der Waals surface area (Å²) in [6.45, 7) is 12.9. The molecule has 0 aromatic rings. The van der Waals surface area contributed by atoms with Gasteiger partial charge in [0.25, 0.3) is 0 Å². The highest BCUT2D eigenvalue weighted by atomic mass is 16.2. The van der Waals surface area contributed by atoms with Gasteiger partial charge in [-0.15, -0.1) is 0 Å². The second kappa shape index (κ2) is 7.25. The van der Waals surface area contributed by atoms with Crippen molar-refractivity contribution in [1.82, 2.24) is 15.5 Å². The fourth-order valence-electron chi connectivity index (χ4n) is 3.05. The van der Waals surface area contributed by atoms with E-state index in [0.29, 0.717) is 25.2 Å². The lowest BCUT2D eigenvalue weighted by atomic mass is 9.92. The molecule has 0 unspecified atom stereocenters. The van der Waals surface area contributed by atoms with Gasteiger partial charge in [0, 0.05) is 25.2 Å². The zero-order valence-corrected chi connectivity index (χ0v) is 14.3. The predicted molar refractivity (Wildman–Crippen MR) is 84.9 cm³/mol. The van der Waals surface area contributed by atoms with Crippen molar-refractivity contribution in [3.63, 3.8) is 0 Å². The van der Waals surface area contributed by atoms with Gasteiger partial charge in [-0.1, -0.05) is 0 Å². The second-order valence-electron chi connectivity index (χ2n) is 6.86. The minimum Gasteiger partial charge on any atom is -0.356 e. The third-order valence-electron chi connectivity index (χ3n) is 4.50. The van der Waals surface area contributed by atoms with Crippen molar-refractivity contribution < 1.29 is 9.59 Å². The number of carbonyl (C=O) groups is 2. The van der Waals surface area contributed by atoms with E-state index < -0.39 is 5.41 Å². The molecule has 1 saturated heterocycles. The van der Waals surface area contributed by atoms with E-state index in [1.165, 1.54) is 0 Å². The Labute approximate surface area is 128 Å². The average Bonchev–Trinajstić information content (AvgIpc) is 2.75. The normalized spacial score (nSPS) is 24.7. The molecule has 0 radical (unpaired) electrons. The van der Waals surface area contributed by atoms with Crippen LogP contribution in [-0.2, 0) is 9.59 Å². The molecule has 3 atom stereocenters. The van der Waals surface area contributed by atoms with E-state index in [4.69, 9.17) is 0 Å². The number of rotatable bonds is 6. The molecule has 2 N–H and O–H groups in total. The summed E-state index contributed by atoms with van der Waals surface area (Å²) in [5.41, 5.74) is -0.590. The Morgan fingerprint density at radius 3 is 2.19 bits per heavy atom. The Kier molecular flexibility index (Phi) is 6.20. The smallest absolute Gasteiger partial charge is 0.237 e. The van der Waals surface area contributed by atoms with Gasteiger partial charge in [-0.25, -0.2) is 0 Å². The molecule has 0 saturated carbocycles. The lowest BCUT2D eigenvalue weighted by Crippen LogP contribution is -2.52. The van der Waals surface area contributed by atoms with Crippen molar-refractivity contribution >= 4 is 11.8 Å². The molecule has 0 aliphatic carbocycles. The summed E-state index contributed by atoms with van der Waals surface area (Å²) in [5.74, 6) is -0.0196. The van der Waals surface area contributed by atoms with Crippen LogP contribution >= 0.6 is 0 Å². The van der Waals surface area contributed by atoms with E-state index in [1.807, 2.05) is 27.7 Å². The molecule has 21 heavy (non-hydrogen) atoms. The molecular formula is C16H31N3O2. The Morgan fingerprint density at radius 1 is 1.19 bits per heavy atom. The molecule has 0 bridgehead atoms. The van der Waals surface area contributed by atoms with Crippen LogP contribution in [0.1, 0.15) is 54.4 Å². The summed E-state index contributed by atoms with van der Waals surface area (Å²) in [6.07, 6.45) is 2.28.